The summed E-state index contributed by atoms with van der Waals surface area (Å²) >= 11 is 5.58. The van der Waals surface area contributed by atoms with Gasteiger partial charge in [-0.2, -0.15) is 0 Å². The van der Waals surface area contributed by atoms with Crippen molar-refractivity contribution in [1.82, 2.24) is 0 Å². The second-order valence-electron chi connectivity index (χ2n) is 7.32. The third-order valence-electron chi connectivity index (χ3n) is 4.78. The van der Waals surface area contributed by atoms with Gasteiger partial charge in [-0.15, -0.1) is 11.6 Å². The summed E-state index contributed by atoms with van der Waals surface area (Å²) in [4.78, 5) is 11.4. The van der Waals surface area contributed by atoms with Gasteiger partial charge in [0.05, 0.1) is 6.61 Å². The fourth-order valence-corrected chi connectivity index (χ4v) is 3.28. The molecule has 0 aliphatic rings. The van der Waals surface area contributed by atoms with Crippen molar-refractivity contribution in [3.8, 4) is 0 Å². The second kappa shape index (κ2) is 21.8. The molecule has 0 aromatic heterocycles. The Morgan fingerprint density at radius 2 is 1.08 bits per heavy atom. The van der Waals surface area contributed by atoms with E-state index >= 15 is 0 Å². The molecule has 0 bridgehead atoms. The van der Waals surface area contributed by atoms with Crippen molar-refractivity contribution >= 4 is 17.6 Å². The number of carbonyl (C=O) groups is 1. The van der Waals surface area contributed by atoms with Gasteiger partial charge >= 0.3 is 5.97 Å². The van der Waals surface area contributed by atoms with Crippen LogP contribution in [0.5, 0.6) is 0 Å². The Labute approximate surface area is 162 Å². The quantitative estimate of drug-likeness (QED) is 0.123. The van der Waals surface area contributed by atoms with Crippen LogP contribution in [0.2, 0.25) is 0 Å². The van der Waals surface area contributed by atoms with Crippen molar-refractivity contribution in [3.63, 3.8) is 0 Å². The maximum atomic E-state index is 11.4. The molecule has 0 spiro atoms. The van der Waals surface area contributed by atoms with E-state index in [0.29, 0.717) is 18.9 Å². The molecule has 0 rings (SSSR count). The lowest BCUT2D eigenvalue weighted by atomic mass is 10.0. The average molecular weight is 375 g/mol. The van der Waals surface area contributed by atoms with Gasteiger partial charge in [-0.25, -0.2) is 0 Å². The van der Waals surface area contributed by atoms with Crippen molar-refractivity contribution in [2.45, 2.75) is 122 Å². The molecule has 0 saturated heterocycles. The lowest BCUT2D eigenvalue weighted by Gasteiger charge is -2.05. The zero-order chi connectivity index (χ0) is 18.4. The molecule has 0 radical (unpaired) electrons. The summed E-state index contributed by atoms with van der Waals surface area (Å²) in [6.07, 6.45) is 22.6. The van der Waals surface area contributed by atoms with Crippen molar-refractivity contribution in [3.05, 3.63) is 0 Å². The van der Waals surface area contributed by atoms with Crippen LogP contribution >= 0.6 is 11.6 Å². The molecule has 3 heteroatoms. The van der Waals surface area contributed by atoms with Crippen LogP contribution in [-0.2, 0) is 9.53 Å². The molecule has 0 aromatic rings. The topological polar surface area (TPSA) is 26.3 Å². The molecule has 0 saturated carbocycles. The average Bonchev–Trinajstić information content (AvgIpc) is 2.61. The molecule has 0 aromatic carbocycles. The summed E-state index contributed by atoms with van der Waals surface area (Å²) in [6.45, 7) is 2.87. The number of halogens is 1. The lowest BCUT2D eigenvalue weighted by Crippen LogP contribution is -2.05. The molecule has 0 atom stereocenters. The van der Waals surface area contributed by atoms with Crippen molar-refractivity contribution in [1.29, 1.82) is 0 Å². The first-order valence-corrected chi connectivity index (χ1v) is 11.6. The first-order chi connectivity index (χ1) is 12.3. The van der Waals surface area contributed by atoms with Gasteiger partial charge in [0.15, 0.2) is 0 Å². The zero-order valence-electron chi connectivity index (χ0n) is 16.8. The van der Waals surface area contributed by atoms with Crippen LogP contribution in [0.15, 0.2) is 0 Å². The highest BCUT2D eigenvalue weighted by Crippen LogP contribution is 2.13. The van der Waals surface area contributed by atoms with Crippen LogP contribution in [-0.4, -0.2) is 18.5 Å². The smallest absolute Gasteiger partial charge is 0.305 e. The van der Waals surface area contributed by atoms with E-state index in [-0.39, 0.29) is 5.97 Å². The molecule has 0 fully saturated rings. The number of alkyl halides is 1. The van der Waals surface area contributed by atoms with Crippen molar-refractivity contribution in [2.75, 3.05) is 12.5 Å². The molecular weight excluding hydrogens is 332 g/mol. The van der Waals surface area contributed by atoms with Gasteiger partial charge in [-0.3, -0.25) is 4.79 Å². The minimum absolute atomic E-state index is 0.0597. The van der Waals surface area contributed by atoms with E-state index in [9.17, 15) is 4.79 Å². The predicted molar refractivity (Wildman–Crippen MR) is 110 cm³/mol. The largest absolute Gasteiger partial charge is 0.466 e. The third kappa shape index (κ3) is 21.7. The summed E-state index contributed by atoms with van der Waals surface area (Å²) in [6, 6.07) is 0. The molecule has 0 unspecified atom stereocenters. The number of esters is 1. The van der Waals surface area contributed by atoms with Gasteiger partial charge in [0.25, 0.3) is 0 Å². The van der Waals surface area contributed by atoms with Gasteiger partial charge in [0.1, 0.15) is 0 Å². The molecule has 25 heavy (non-hydrogen) atoms. The molecule has 150 valence electrons. The Morgan fingerprint density at radius 3 is 1.52 bits per heavy atom. The molecule has 0 N–H and O–H groups in total. The van der Waals surface area contributed by atoms with Gasteiger partial charge < -0.3 is 4.74 Å². The first-order valence-electron chi connectivity index (χ1n) is 11.0. The SMILES string of the molecule is CCCCCCCCCCCCCCCCCOC(=O)CCCCCl. The summed E-state index contributed by atoms with van der Waals surface area (Å²) in [7, 11) is 0. The molecule has 0 aliphatic heterocycles. The minimum Gasteiger partial charge on any atom is -0.466 e. The van der Waals surface area contributed by atoms with Gasteiger partial charge in [-0.1, -0.05) is 96.8 Å². The molecule has 0 heterocycles. The second-order valence-corrected chi connectivity index (χ2v) is 7.69. The Kier molecular flexibility index (Phi) is 21.6. The van der Waals surface area contributed by atoms with E-state index in [0.717, 1.165) is 19.3 Å². The number of hydrogen-bond donors (Lipinski definition) is 0. The number of rotatable bonds is 20. The number of ether oxygens (including phenoxy) is 1. The van der Waals surface area contributed by atoms with Crippen molar-refractivity contribution in [2.24, 2.45) is 0 Å². The molecule has 2 nitrogen and oxygen atoms in total. The fourth-order valence-electron chi connectivity index (χ4n) is 3.10. The summed E-state index contributed by atoms with van der Waals surface area (Å²) in [5.74, 6) is 0.572. The van der Waals surface area contributed by atoms with Gasteiger partial charge in [0.2, 0.25) is 0 Å². The van der Waals surface area contributed by atoms with E-state index < -0.39 is 0 Å². The number of hydrogen-bond acceptors (Lipinski definition) is 2. The zero-order valence-corrected chi connectivity index (χ0v) is 17.6. The van der Waals surface area contributed by atoms with Crippen LogP contribution in [0.3, 0.4) is 0 Å². The molecule has 0 aliphatic carbocycles. The van der Waals surface area contributed by atoms with Gasteiger partial charge in [0, 0.05) is 12.3 Å². The van der Waals surface area contributed by atoms with Crippen LogP contribution < -0.4 is 0 Å². The highest BCUT2D eigenvalue weighted by molar-refractivity contribution is 6.17. The standard InChI is InChI=1S/C22H43ClO2/c1-2-3-4-5-6-7-8-9-10-11-12-13-14-15-18-21-25-22(24)19-16-17-20-23/h2-21H2,1H3. The van der Waals surface area contributed by atoms with Crippen LogP contribution in [0.4, 0.5) is 0 Å². The Morgan fingerprint density at radius 1 is 0.640 bits per heavy atom. The molecular formula is C22H43ClO2. The highest BCUT2D eigenvalue weighted by Gasteiger charge is 2.01. The van der Waals surface area contributed by atoms with E-state index in [1.807, 2.05) is 0 Å². The van der Waals surface area contributed by atoms with E-state index in [1.165, 1.54) is 89.9 Å². The van der Waals surface area contributed by atoms with Crippen molar-refractivity contribution < 1.29 is 9.53 Å². The lowest BCUT2D eigenvalue weighted by molar-refractivity contribution is -0.143. The van der Waals surface area contributed by atoms with E-state index in [4.69, 9.17) is 16.3 Å². The third-order valence-corrected chi connectivity index (χ3v) is 5.04. The Hall–Kier alpha value is -0.240. The van der Waals surface area contributed by atoms with Crippen LogP contribution in [0.25, 0.3) is 0 Å². The maximum Gasteiger partial charge on any atom is 0.305 e. The summed E-state index contributed by atoms with van der Waals surface area (Å²) < 4.78 is 5.22. The fraction of sp³-hybridized carbons (Fsp3) is 0.955. The van der Waals surface area contributed by atoms with Crippen LogP contribution in [0, 0.1) is 0 Å². The Bertz CT molecular complexity index is 269. The minimum atomic E-state index is -0.0597. The first kappa shape index (κ1) is 24.8. The maximum absolute atomic E-state index is 11.4. The molecule has 0 amide bonds. The number of unbranched alkanes of at least 4 members (excludes halogenated alkanes) is 15. The van der Waals surface area contributed by atoms with E-state index in [2.05, 4.69) is 6.92 Å². The van der Waals surface area contributed by atoms with Gasteiger partial charge in [-0.05, 0) is 19.3 Å². The van der Waals surface area contributed by atoms with E-state index in [1.54, 1.807) is 0 Å². The monoisotopic (exact) mass is 374 g/mol. The normalized spacial score (nSPS) is 11.0. The summed E-state index contributed by atoms with van der Waals surface area (Å²) in [5.41, 5.74) is 0. The summed E-state index contributed by atoms with van der Waals surface area (Å²) in [5, 5.41) is 0. The highest BCUT2D eigenvalue weighted by atomic mass is 35.5. The Balaban J connectivity index is 3.06. The van der Waals surface area contributed by atoms with Crippen LogP contribution in [0.1, 0.15) is 122 Å². The predicted octanol–water partition coefficient (Wildman–Crippen LogP) is 7.81. The number of carbonyl (C=O) groups excluding carboxylic acids is 1.